The van der Waals surface area contributed by atoms with Gasteiger partial charge in [-0.3, -0.25) is 14.5 Å². The van der Waals surface area contributed by atoms with Crippen LogP contribution in [-0.4, -0.2) is 58.9 Å². The van der Waals surface area contributed by atoms with Crippen LogP contribution in [0, 0.1) is 5.92 Å². The van der Waals surface area contributed by atoms with Gasteiger partial charge in [0.2, 0.25) is 11.8 Å². The van der Waals surface area contributed by atoms with E-state index in [-0.39, 0.29) is 29.8 Å². The zero-order valence-electron chi connectivity index (χ0n) is 14.0. The highest BCUT2D eigenvalue weighted by Gasteiger charge is 2.41. The van der Waals surface area contributed by atoms with Gasteiger partial charge in [0, 0.05) is 37.1 Å². The summed E-state index contributed by atoms with van der Waals surface area (Å²) in [5.74, 6) is 0.128. The average Bonchev–Trinajstić information content (AvgIpc) is 3.06. The molecule has 0 radical (unpaired) electrons. The monoisotopic (exact) mass is 307 g/mol. The van der Waals surface area contributed by atoms with E-state index in [9.17, 15) is 9.59 Å². The largest absolute Gasteiger partial charge is 0.350 e. The first-order valence-electron chi connectivity index (χ1n) is 8.84. The van der Waals surface area contributed by atoms with Crippen LogP contribution in [0.2, 0.25) is 0 Å². The Morgan fingerprint density at radius 1 is 1.18 bits per heavy atom. The van der Waals surface area contributed by atoms with Crippen molar-refractivity contribution in [3.8, 4) is 0 Å². The Morgan fingerprint density at radius 3 is 2.55 bits per heavy atom. The molecular formula is C17H29N3O2. The van der Waals surface area contributed by atoms with Gasteiger partial charge in [0.05, 0.1) is 0 Å². The Balaban J connectivity index is 1.56. The number of carbonyl (C=O) groups is 2. The molecule has 124 valence electrons. The number of carbonyl (C=O) groups excluding carboxylic acids is 2. The zero-order valence-corrected chi connectivity index (χ0v) is 14.0. The quantitative estimate of drug-likeness (QED) is 0.853. The molecule has 1 N–H and O–H groups in total. The number of nitrogens with one attached hydrogen (secondary N) is 1. The molecule has 3 aliphatic rings. The third-order valence-corrected chi connectivity index (χ3v) is 5.32. The smallest absolute Gasteiger partial charge is 0.243 e. The molecule has 2 aliphatic heterocycles. The van der Waals surface area contributed by atoms with E-state index in [1.807, 2.05) is 13.8 Å². The van der Waals surface area contributed by atoms with Crippen LogP contribution in [0.4, 0.5) is 0 Å². The molecule has 0 bridgehead atoms. The number of nitrogens with zero attached hydrogens (tertiary/aromatic N) is 2. The fourth-order valence-corrected chi connectivity index (χ4v) is 4.01. The Hall–Kier alpha value is -1.10. The van der Waals surface area contributed by atoms with Crippen molar-refractivity contribution in [1.29, 1.82) is 0 Å². The number of amides is 2. The normalized spacial score (nSPS) is 32.7. The Morgan fingerprint density at radius 2 is 1.91 bits per heavy atom. The highest BCUT2D eigenvalue weighted by Crippen LogP contribution is 2.33. The van der Waals surface area contributed by atoms with Crippen LogP contribution < -0.4 is 5.32 Å². The van der Waals surface area contributed by atoms with Crippen molar-refractivity contribution >= 4 is 11.8 Å². The van der Waals surface area contributed by atoms with Crippen molar-refractivity contribution < 1.29 is 9.59 Å². The molecule has 0 aromatic heterocycles. The fraction of sp³-hybridized carbons (Fsp3) is 0.882. The molecule has 3 rings (SSSR count). The second-order valence-corrected chi connectivity index (χ2v) is 7.56. The SMILES string of the molecule is CC(C)C(=O)N1CCC[C@@H]1C(=O)N[C@H]1C[C@H](C)N(C2CC2)C1. The molecule has 3 fully saturated rings. The minimum atomic E-state index is -0.250. The van der Waals surface area contributed by atoms with E-state index < -0.39 is 0 Å². The van der Waals surface area contributed by atoms with Gasteiger partial charge >= 0.3 is 0 Å². The molecule has 0 spiro atoms. The summed E-state index contributed by atoms with van der Waals surface area (Å²) in [5, 5.41) is 3.21. The van der Waals surface area contributed by atoms with Crippen molar-refractivity contribution in [2.75, 3.05) is 13.1 Å². The van der Waals surface area contributed by atoms with E-state index in [2.05, 4.69) is 17.1 Å². The fourth-order valence-electron chi connectivity index (χ4n) is 4.01. The number of likely N-dealkylation sites (tertiary alicyclic amines) is 2. The van der Waals surface area contributed by atoms with E-state index in [1.54, 1.807) is 4.90 Å². The first kappa shape index (κ1) is 15.8. The second-order valence-electron chi connectivity index (χ2n) is 7.56. The molecule has 0 aromatic rings. The van der Waals surface area contributed by atoms with Crippen LogP contribution in [0.25, 0.3) is 0 Å². The number of rotatable bonds is 4. The van der Waals surface area contributed by atoms with Crippen molar-refractivity contribution in [3.05, 3.63) is 0 Å². The zero-order chi connectivity index (χ0) is 15.9. The maximum atomic E-state index is 12.6. The van der Waals surface area contributed by atoms with Gasteiger partial charge in [-0.05, 0) is 39.0 Å². The van der Waals surface area contributed by atoms with Gasteiger partial charge in [0.25, 0.3) is 0 Å². The lowest BCUT2D eigenvalue weighted by Crippen LogP contribution is -2.50. The molecule has 0 unspecified atom stereocenters. The Bertz CT molecular complexity index is 447. The molecule has 0 aromatic carbocycles. The molecule has 5 nitrogen and oxygen atoms in total. The van der Waals surface area contributed by atoms with Gasteiger partial charge in [-0.15, -0.1) is 0 Å². The van der Waals surface area contributed by atoms with Crippen LogP contribution in [-0.2, 0) is 9.59 Å². The van der Waals surface area contributed by atoms with Crippen molar-refractivity contribution in [1.82, 2.24) is 15.1 Å². The van der Waals surface area contributed by atoms with Crippen molar-refractivity contribution in [2.45, 2.75) is 77.0 Å². The topological polar surface area (TPSA) is 52.7 Å². The summed E-state index contributed by atoms with van der Waals surface area (Å²) in [6.45, 7) is 7.77. The van der Waals surface area contributed by atoms with Gasteiger partial charge in [0.1, 0.15) is 6.04 Å². The molecule has 2 heterocycles. The first-order chi connectivity index (χ1) is 10.5. The van der Waals surface area contributed by atoms with Crippen LogP contribution in [0.5, 0.6) is 0 Å². The van der Waals surface area contributed by atoms with Crippen LogP contribution in [0.1, 0.15) is 52.9 Å². The molecule has 1 saturated carbocycles. The average molecular weight is 307 g/mol. The first-order valence-corrected chi connectivity index (χ1v) is 8.84. The molecule has 22 heavy (non-hydrogen) atoms. The molecule has 3 atom stereocenters. The summed E-state index contributed by atoms with van der Waals surface area (Å²) in [4.78, 5) is 29.2. The van der Waals surface area contributed by atoms with Gasteiger partial charge in [0.15, 0.2) is 0 Å². The third-order valence-electron chi connectivity index (χ3n) is 5.32. The Kier molecular flexibility index (Phi) is 4.44. The van der Waals surface area contributed by atoms with Crippen molar-refractivity contribution in [3.63, 3.8) is 0 Å². The lowest BCUT2D eigenvalue weighted by Gasteiger charge is -2.27. The third kappa shape index (κ3) is 3.14. The number of hydrogen-bond acceptors (Lipinski definition) is 3. The highest BCUT2D eigenvalue weighted by atomic mass is 16.2. The van der Waals surface area contributed by atoms with Gasteiger partial charge in [-0.1, -0.05) is 13.8 Å². The summed E-state index contributed by atoms with van der Waals surface area (Å²) >= 11 is 0. The second kappa shape index (κ2) is 6.19. The van der Waals surface area contributed by atoms with Crippen LogP contribution in [0.3, 0.4) is 0 Å². The molecule has 5 heteroatoms. The standard InChI is InChI=1S/C17H29N3O2/c1-11(2)17(22)19-8-4-5-15(19)16(21)18-13-9-12(3)20(10-13)14-6-7-14/h11-15H,4-10H2,1-3H3,(H,18,21)/t12-,13-,15+/m0/s1. The van der Waals surface area contributed by atoms with E-state index in [0.717, 1.165) is 38.4 Å². The highest BCUT2D eigenvalue weighted by molar-refractivity contribution is 5.89. The van der Waals surface area contributed by atoms with Crippen molar-refractivity contribution in [2.24, 2.45) is 5.92 Å². The van der Waals surface area contributed by atoms with E-state index in [4.69, 9.17) is 0 Å². The summed E-state index contributed by atoms with van der Waals surface area (Å²) in [6, 6.07) is 1.32. The van der Waals surface area contributed by atoms with E-state index in [0.29, 0.717) is 6.04 Å². The Labute approximate surface area is 133 Å². The lowest BCUT2D eigenvalue weighted by molar-refractivity contribution is -0.141. The van der Waals surface area contributed by atoms with Gasteiger partial charge in [-0.25, -0.2) is 0 Å². The summed E-state index contributed by atoms with van der Waals surface area (Å²) < 4.78 is 0. The van der Waals surface area contributed by atoms with Crippen LogP contribution >= 0.6 is 0 Å². The maximum absolute atomic E-state index is 12.6. The van der Waals surface area contributed by atoms with Gasteiger partial charge in [-0.2, -0.15) is 0 Å². The van der Waals surface area contributed by atoms with Crippen LogP contribution in [0.15, 0.2) is 0 Å². The number of hydrogen-bond donors (Lipinski definition) is 1. The predicted octanol–water partition coefficient (Wildman–Crippen LogP) is 1.37. The molecule has 2 saturated heterocycles. The molecule has 1 aliphatic carbocycles. The van der Waals surface area contributed by atoms with E-state index in [1.165, 1.54) is 12.8 Å². The van der Waals surface area contributed by atoms with Gasteiger partial charge < -0.3 is 10.2 Å². The lowest BCUT2D eigenvalue weighted by atomic mass is 10.1. The maximum Gasteiger partial charge on any atom is 0.243 e. The predicted molar refractivity (Wildman–Crippen MR) is 85.3 cm³/mol. The minimum Gasteiger partial charge on any atom is -0.350 e. The summed E-state index contributed by atoms with van der Waals surface area (Å²) in [6.07, 6.45) is 5.40. The summed E-state index contributed by atoms with van der Waals surface area (Å²) in [5.41, 5.74) is 0. The summed E-state index contributed by atoms with van der Waals surface area (Å²) in [7, 11) is 0. The molecule has 2 amide bonds. The molecular weight excluding hydrogens is 278 g/mol. The minimum absolute atomic E-state index is 0.0368. The van der Waals surface area contributed by atoms with E-state index >= 15 is 0 Å².